The van der Waals surface area contributed by atoms with Crippen LogP contribution in [0.25, 0.3) is 0 Å². The van der Waals surface area contributed by atoms with E-state index < -0.39 is 0 Å². The maximum Gasteiger partial charge on any atom is 0.223 e. The van der Waals surface area contributed by atoms with E-state index in [1.165, 1.54) is 0 Å². The first kappa shape index (κ1) is 23.5. The van der Waals surface area contributed by atoms with Gasteiger partial charge in [0.25, 0.3) is 0 Å². The van der Waals surface area contributed by atoms with Gasteiger partial charge in [-0.25, -0.2) is 0 Å². The first-order valence-corrected chi connectivity index (χ1v) is 10.4. The van der Waals surface area contributed by atoms with E-state index in [1.54, 1.807) is 0 Å². The Hall–Kier alpha value is -1.58. The van der Waals surface area contributed by atoms with Crippen molar-refractivity contribution in [3.63, 3.8) is 0 Å². The minimum Gasteiger partial charge on any atom is -0.394 e. The molecule has 1 aliphatic rings. The molecule has 0 saturated heterocycles. The number of rotatable bonds is 16. The van der Waals surface area contributed by atoms with Gasteiger partial charge in [0.1, 0.15) is 0 Å². The average molecular weight is 381 g/mol. The number of unbranched alkanes of at least 4 members (excludes halogenated alkanes) is 6. The van der Waals surface area contributed by atoms with Crippen LogP contribution in [-0.2, 0) is 9.59 Å². The number of hydrogen-bond acceptors (Lipinski definition) is 4. The van der Waals surface area contributed by atoms with Crippen molar-refractivity contribution in [1.29, 1.82) is 0 Å². The van der Waals surface area contributed by atoms with Crippen molar-refractivity contribution >= 4 is 11.8 Å². The van der Waals surface area contributed by atoms with Crippen LogP contribution in [-0.4, -0.2) is 47.3 Å². The Kier molecular flexibility index (Phi) is 12.6. The molecule has 6 nitrogen and oxygen atoms in total. The Balaban J connectivity index is 2.11. The highest BCUT2D eigenvalue weighted by molar-refractivity contribution is 5.81. The van der Waals surface area contributed by atoms with Crippen molar-refractivity contribution in [1.82, 2.24) is 10.6 Å². The Labute approximate surface area is 163 Å². The van der Waals surface area contributed by atoms with E-state index >= 15 is 0 Å². The van der Waals surface area contributed by atoms with Crippen molar-refractivity contribution < 1.29 is 19.8 Å². The fraction of sp³-hybridized carbons (Fsp3) is 0.810. The highest BCUT2D eigenvalue weighted by Crippen LogP contribution is 2.29. The van der Waals surface area contributed by atoms with Gasteiger partial charge in [0.15, 0.2) is 0 Å². The van der Waals surface area contributed by atoms with E-state index in [4.69, 9.17) is 6.42 Å². The molecule has 0 aromatic carbocycles. The van der Waals surface area contributed by atoms with Gasteiger partial charge in [0.2, 0.25) is 11.8 Å². The lowest BCUT2D eigenvalue weighted by Crippen LogP contribution is -2.42. The molecule has 0 aliphatic heterocycles. The van der Waals surface area contributed by atoms with Crippen LogP contribution in [0.1, 0.15) is 77.0 Å². The number of amides is 2. The van der Waals surface area contributed by atoms with E-state index in [2.05, 4.69) is 16.6 Å². The second-order valence-corrected chi connectivity index (χ2v) is 7.51. The molecule has 2 unspecified atom stereocenters. The number of carbonyl (C=O) groups excluding carboxylic acids is 2. The van der Waals surface area contributed by atoms with Crippen LogP contribution in [0.5, 0.6) is 0 Å². The monoisotopic (exact) mass is 380 g/mol. The summed E-state index contributed by atoms with van der Waals surface area (Å²) >= 11 is 0. The quantitative estimate of drug-likeness (QED) is 0.243. The second-order valence-electron chi connectivity index (χ2n) is 7.51. The summed E-state index contributed by atoms with van der Waals surface area (Å²) in [6.45, 7) is -0.276. The van der Waals surface area contributed by atoms with E-state index in [-0.39, 0.29) is 43.0 Å². The summed E-state index contributed by atoms with van der Waals surface area (Å²) in [5, 5.41) is 24.6. The zero-order valence-corrected chi connectivity index (χ0v) is 16.4. The van der Waals surface area contributed by atoms with Gasteiger partial charge in [-0.05, 0) is 38.5 Å². The summed E-state index contributed by atoms with van der Waals surface area (Å²) in [6.07, 6.45) is 15.7. The van der Waals surface area contributed by atoms with E-state index in [0.29, 0.717) is 19.3 Å². The zero-order valence-electron chi connectivity index (χ0n) is 16.4. The highest BCUT2D eigenvalue weighted by atomic mass is 16.3. The fourth-order valence-electron chi connectivity index (χ4n) is 3.00. The minimum atomic E-state index is -0.340. The standard InChI is InChI=1S/C21H36N2O4/c1-2-3-4-5-6-7-8-9-10-20(26)22-18(15-24)13-14-19(16-25)23-21(27)17-11-12-17/h1,17-19,24-25H,3-16H2,(H,22,26)(H,23,27). The molecule has 4 N–H and O–H groups in total. The van der Waals surface area contributed by atoms with Crippen molar-refractivity contribution in [2.24, 2.45) is 5.92 Å². The Bertz CT molecular complexity index is 471. The van der Waals surface area contributed by atoms with Gasteiger partial charge in [-0.1, -0.05) is 25.7 Å². The normalized spacial score (nSPS) is 15.6. The summed E-state index contributed by atoms with van der Waals surface area (Å²) in [6, 6.07) is -0.660. The van der Waals surface area contributed by atoms with Gasteiger partial charge in [0, 0.05) is 18.8 Å². The summed E-state index contributed by atoms with van der Waals surface area (Å²) in [7, 11) is 0. The predicted octanol–water partition coefficient (Wildman–Crippen LogP) is 1.88. The summed E-state index contributed by atoms with van der Waals surface area (Å²) in [5.41, 5.74) is 0. The average Bonchev–Trinajstić information content (AvgIpc) is 3.51. The fourth-order valence-corrected chi connectivity index (χ4v) is 3.00. The highest BCUT2D eigenvalue weighted by Gasteiger charge is 2.30. The first-order valence-electron chi connectivity index (χ1n) is 10.4. The van der Waals surface area contributed by atoms with Crippen molar-refractivity contribution in [2.45, 2.75) is 89.1 Å². The molecule has 0 aromatic rings. The number of carbonyl (C=O) groups is 2. The van der Waals surface area contributed by atoms with Gasteiger partial charge in [-0.2, -0.15) is 0 Å². The Morgan fingerprint density at radius 1 is 0.926 bits per heavy atom. The third-order valence-corrected chi connectivity index (χ3v) is 4.94. The minimum absolute atomic E-state index is 0.00192. The summed E-state index contributed by atoms with van der Waals surface area (Å²) in [5.74, 6) is 2.69. The molecule has 27 heavy (non-hydrogen) atoms. The molecule has 0 aromatic heterocycles. The van der Waals surface area contributed by atoms with Crippen LogP contribution in [0.15, 0.2) is 0 Å². The van der Waals surface area contributed by atoms with Gasteiger partial charge >= 0.3 is 0 Å². The predicted molar refractivity (Wildman–Crippen MR) is 106 cm³/mol. The maximum atomic E-state index is 12.0. The van der Waals surface area contributed by atoms with Crippen LogP contribution >= 0.6 is 0 Å². The zero-order chi connectivity index (χ0) is 19.9. The number of hydrogen-bond donors (Lipinski definition) is 4. The third-order valence-electron chi connectivity index (χ3n) is 4.94. The number of nitrogens with one attached hydrogen (secondary N) is 2. The Morgan fingerprint density at radius 2 is 1.48 bits per heavy atom. The molecule has 0 radical (unpaired) electrons. The van der Waals surface area contributed by atoms with Gasteiger partial charge in [-0.15, -0.1) is 12.3 Å². The molecule has 154 valence electrons. The molecule has 0 heterocycles. The second kappa shape index (κ2) is 14.5. The molecule has 6 heteroatoms. The van der Waals surface area contributed by atoms with E-state index in [1.807, 2.05) is 0 Å². The van der Waals surface area contributed by atoms with Crippen LogP contribution in [0.2, 0.25) is 0 Å². The molecule has 1 aliphatic carbocycles. The van der Waals surface area contributed by atoms with Crippen LogP contribution in [0.3, 0.4) is 0 Å². The molecule has 0 spiro atoms. The molecule has 1 saturated carbocycles. The van der Waals surface area contributed by atoms with Crippen molar-refractivity contribution in [2.75, 3.05) is 13.2 Å². The molecule has 1 rings (SSSR count). The third kappa shape index (κ3) is 11.7. The molecular formula is C21H36N2O4. The van der Waals surface area contributed by atoms with Crippen LogP contribution in [0.4, 0.5) is 0 Å². The van der Waals surface area contributed by atoms with Crippen molar-refractivity contribution in [3.05, 3.63) is 0 Å². The number of terminal acetylenes is 1. The lowest BCUT2D eigenvalue weighted by molar-refractivity contribution is -0.124. The summed E-state index contributed by atoms with van der Waals surface area (Å²) in [4.78, 5) is 23.8. The Morgan fingerprint density at radius 3 is 2.04 bits per heavy atom. The largest absolute Gasteiger partial charge is 0.394 e. The summed E-state index contributed by atoms with van der Waals surface area (Å²) < 4.78 is 0. The maximum absolute atomic E-state index is 12.0. The smallest absolute Gasteiger partial charge is 0.223 e. The van der Waals surface area contributed by atoms with Crippen LogP contribution < -0.4 is 10.6 Å². The van der Waals surface area contributed by atoms with E-state index in [9.17, 15) is 19.8 Å². The van der Waals surface area contributed by atoms with Gasteiger partial charge in [0.05, 0.1) is 25.3 Å². The molecule has 1 fully saturated rings. The molecule has 2 amide bonds. The number of aliphatic hydroxyl groups is 2. The first-order chi connectivity index (χ1) is 13.1. The topological polar surface area (TPSA) is 98.7 Å². The lowest BCUT2D eigenvalue weighted by atomic mass is 10.1. The number of aliphatic hydroxyl groups excluding tert-OH is 2. The van der Waals surface area contributed by atoms with Crippen LogP contribution in [0, 0.1) is 18.3 Å². The molecular weight excluding hydrogens is 344 g/mol. The SMILES string of the molecule is C#CCCCCCCCCC(=O)NC(CO)CCC(CO)NC(=O)C1CC1. The lowest BCUT2D eigenvalue weighted by Gasteiger charge is -2.21. The van der Waals surface area contributed by atoms with Crippen molar-refractivity contribution in [3.8, 4) is 12.3 Å². The van der Waals surface area contributed by atoms with Gasteiger partial charge in [-0.3, -0.25) is 9.59 Å². The van der Waals surface area contributed by atoms with Gasteiger partial charge < -0.3 is 20.8 Å². The molecule has 0 bridgehead atoms. The van der Waals surface area contributed by atoms with E-state index in [0.717, 1.165) is 57.8 Å². The molecule has 2 atom stereocenters.